The lowest BCUT2D eigenvalue weighted by atomic mass is 10.0. The molecule has 3 nitrogen and oxygen atoms in total. The van der Waals surface area contributed by atoms with Crippen LogP contribution in [0.3, 0.4) is 0 Å². The first-order valence-electron chi connectivity index (χ1n) is 2.38. The Morgan fingerprint density at radius 2 is 1.89 bits per heavy atom. The Kier molecular flexibility index (Phi) is 0.965. The Bertz CT molecular complexity index is 349. The quantitative estimate of drug-likeness (QED) is 0.433. The summed E-state index contributed by atoms with van der Waals surface area (Å²) in [5.74, 6) is 0. The number of nitrogens with zero attached hydrogens (tertiary/aromatic N) is 1. The number of hydrogen-bond donors (Lipinski definition) is 0. The van der Waals surface area contributed by atoms with Gasteiger partial charge in [-0.2, -0.15) is 5.26 Å². The van der Waals surface area contributed by atoms with Crippen LogP contribution in [0.25, 0.3) is 0 Å². The minimum absolute atomic E-state index is 0.0139. The highest BCUT2D eigenvalue weighted by atomic mass is 16.2. The van der Waals surface area contributed by atoms with Gasteiger partial charge in [-0.05, 0) is 6.92 Å². The van der Waals surface area contributed by atoms with E-state index in [0.717, 1.165) is 0 Å². The zero-order valence-electron chi connectivity index (χ0n) is 4.76. The molecule has 0 fully saturated rings. The molecule has 1 aromatic rings. The van der Waals surface area contributed by atoms with Gasteiger partial charge in [0, 0.05) is 5.56 Å². The highest BCUT2D eigenvalue weighted by Gasteiger charge is 2.14. The van der Waals surface area contributed by atoms with E-state index < -0.39 is 10.9 Å². The standard InChI is InChI=1S/C6H3NO2/c1-3-4(2-7)6(9)5(3)8/h1H3. The van der Waals surface area contributed by atoms with Gasteiger partial charge in [0.15, 0.2) is 0 Å². The maximum absolute atomic E-state index is 10.4. The first-order chi connectivity index (χ1) is 4.18. The molecule has 0 unspecified atom stereocenters. The summed E-state index contributed by atoms with van der Waals surface area (Å²) in [6, 6.07) is 1.64. The van der Waals surface area contributed by atoms with Crippen molar-refractivity contribution in [1.82, 2.24) is 0 Å². The zero-order valence-corrected chi connectivity index (χ0v) is 4.76. The van der Waals surface area contributed by atoms with Crippen molar-refractivity contribution in [1.29, 1.82) is 5.26 Å². The van der Waals surface area contributed by atoms with Crippen LogP contribution in [0.5, 0.6) is 0 Å². The van der Waals surface area contributed by atoms with E-state index in [1.807, 2.05) is 0 Å². The van der Waals surface area contributed by atoms with E-state index in [2.05, 4.69) is 0 Å². The van der Waals surface area contributed by atoms with Gasteiger partial charge in [0.2, 0.25) is 10.9 Å². The van der Waals surface area contributed by atoms with Crippen LogP contribution in [0.1, 0.15) is 11.1 Å². The van der Waals surface area contributed by atoms with Crippen molar-refractivity contribution in [2.75, 3.05) is 0 Å². The summed E-state index contributed by atoms with van der Waals surface area (Å²) < 4.78 is 0. The maximum Gasteiger partial charge on any atom is 0.244 e. The minimum Gasteiger partial charge on any atom is -0.285 e. The Balaban J connectivity index is 3.48. The molecular weight excluding hydrogens is 118 g/mol. The minimum atomic E-state index is -0.644. The molecule has 44 valence electrons. The molecule has 0 aromatic heterocycles. The van der Waals surface area contributed by atoms with E-state index in [1.54, 1.807) is 6.07 Å². The van der Waals surface area contributed by atoms with Gasteiger partial charge in [-0.3, -0.25) is 9.59 Å². The SMILES string of the molecule is Cc1c(C#N)c(=O)c1=O. The molecule has 0 saturated heterocycles. The van der Waals surface area contributed by atoms with Gasteiger partial charge in [0.25, 0.3) is 0 Å². The van der Waals surface area contributed by atoms with Crippen molar-refractivity contribution in [2.24, 2.45) is 0 Å². The number of hydrogen-bond acceptors (Lipinski definition) is 3. The zero-order chi connectivity index (χ0) is 7.02. The molecule has 0 bridgehead atoms. The lowest BCUT2D eigenvalue weighted by Gasteiger charge is -1.93. The molecule has 1 rings (SSSR count). The third kappa shape index (κ3) is 0.500. The first kappa shape index (κ1) is 5.70. The Morgan fingerprint density at radius 1 is 1.33 bits per heavy atom. The molecule has 1 aromatic carbocycles. The van der Waals surface area contributed by atoms with Crippen LogP contribution in [0.15, 0.2) is 9.59 Å². The van der Waals surface area contributed by atoms with Gasteiger partial charge < -0.3 is 0 Å². The molecule has 3 heteroatoms. The maximum atomic E-state index is 10.4. The monoisotopic (exact) mass is 121 g/mol. The van der Waals surface area contributed by atoms with Gasteiger partial charge >= 0.3 is 0 Å². The lowest BCUT2D eigenvalue weighted by molar-refractivity contribution is 1.23. The van der Waals surface area contributed by atoms with Crippen LogP contribution in [-0.4, -0.2) is 0 Å². The van der Waals surface area contributed by atoms with Crippen LogP contribution >= 0.6 is 0 Å². The van der Waals surface area contributed by atoms with Crippen LogP contribution in [0, 0.1) is 18.3 Å². The molecule has 0 aliphatic carbocycles. The van der Waals surface area contributed by atoms with Crippen molar-refractivity contribution in [3.05, 3.63) is 31.6 Å². The van der Waals surface area contributed by atoms with Gasteiger partial charge in [0.1, 0.15) is 11.6 Å². The van der Waals surface area contributed by atoms with E-state index in [9.17, 15) is 9.59 Å². The molecule has 0 radical (unpaired) electrons. The van der Waals surface area contributed by atoms with E-state index >= 15 is 0 Å². The largest absolute Gasteiger partial charge is 0.285 e. The molecule has 0 spiro atoms. The van der Waals surface area contributed by atoms with Crippen molar-refractivity contribution >= 4 is 0 Å². The van der Waals surface area contributed by atoms with E-state index in [-0.39, 0.29) is 5.56 Å². The lowest BCUT2D eigenvalue weighted by Crippen LogP contribution is -2.36. The predicted molar refractivity (Wildman–Crippen MR) is 30.8 cm³/mol. The molecular formula is C6H3NO2. The van der Waals surface area contributed by atoms with Crippen LogP contribution in [-0.2, 0) is 0 Å². The third-order valence-electron chi connectivity index (χ3n) is 1.26. The van der Waals surface area contributed by atoms with Gasteiger partial charge in [-0.15, -0.1) is 0 Å². The normalized spacial score (nSPS) is 9.33. The Hall–Kier alpha value is -1.43. The van der Waals surface area contributed by atoms with Gasteiger partial charge in [0.05, 0.1) is 0 Å². The summed E-state index contributed by atoms with van der Waals surface area (Å²) in [7, 11) is 0. The van der Waals surface area contributed by atoms with Crippen LogP contribution in [0.4, 0.5) is 0 Å². The molecule has 0 aliphatic rings. The predicted octanol–water partition coefficient (Wildman–Crippen LogP) is -0.537. The summed E-state index contributed by atoms with van der Waals surface area (Å²) in [5.41, 5.74) is -0.857. The molecule has 9 heavy (non-hydrogen) atoms. The second-order valence-corrected chi connectivity index (χ2v) is 1.77. The molecule has 0 heterocycles. The van der Waals surface area contributed by atoms with E-state index in [1.165, 1.54) is 6.92 Å². The summed E-state index contributed by atoms with van der Waals surface area (Å²) in [6.07, 6.45) is 0. The molecule has 0 aliphatic heterocycles. The average molecular weight is 121 g/mol. The fourth-order valence-electron chi connectivity index (χ4n) is 0.640. The summed E-state index contributed by atoms with van der Waals surface area (Å²) in [5, 5.41) is 8.16. The summed E-state index contributed by atoms with van der Waals surface area (Å²) in [6.45, 7) is 1.47. The fraction of sp³-hybridized carbons (Fsp3) is 0.167. The van der Waals surface area contributed by atoms with Crippen molar-refractivity contribution < 1.29 is 0 Å². The number of nitriles is 1. The van der Waals surface area contributed by atoms with Gasteiger partial charge in [-0.25, -0.2) is 0 Å². The molecule has 0 N–H and O–H groups in total. The van der Waals surface area contributed by atoms with Crippen molar-refractivity contribution in [2.45, 2.75) is 6.92 Å². The van der Waals surface area contributed by atoms with Crippen LogP contribution < -0.4 is 10.9 Å². The molecule has 0 atom stereocenters. The average Bonchev–Trinajstić information content (AvgIpc) is 1.89. The van der Waals surface area contributed by atoms with Crippen molar-refractivity contribution in [3.63, 3.8) is 0 Å². The highest BCUT2D eigenvalue weighted by molar-refractivity contribution is 5.41. The highest BCUT2D eigenvalue weighted by Crippen LogP contribution is 1.92. The second-order valence-electron chi connectivity index (χ2n) is 1.77. The summed E-state index contributed by atoms with van der Waals surface area (Å²) in [4.78, 5) is 20.7. The molecule has 0 amide bonds. The van der Waals surface area contributed by atoms with Crippen LogP contribution in [0.2, 0.25) is 0 Å². The van der Waals surface area contributed by atoms with E-state index in [0.29, 0.717) is 5.56 Å². The second kappa shape index (κ2) is 1.52. The Morgan fingerprint density at radius 3 is 2.11 bits per heavy atom. The Labute approximate surface area is 50.9 Å². The molecule has 0 saturated carbocycles. The topological polar surface area (TPSA) is 57.9 Å². The first-order valence-corrected chi connectivity index (χ1v) is 2.38. The van der Waals surface area contributed by atoms with Crippen molar-refractivity contribution in [3.8, 4) is 6.07 Å². The fourth-order valence-corrected chi connectivity index (χ4v) is 0.640. The smallest absolute Gasteiger partial charge is 0.244 e. The third-order valence-corrected chi connectivity index (χ3v) is 1.26. The van der Waals surface area contributed by atoms with Gasteiger partial charge in [-0.1, -0.05) is 0 Å². The number of rotatable bonds is 0. The van der Waals surface area contributed by atoms with E-state index in [4.69, 9.17) is 5.26 Å². The summed E-state index contributed by atoms with van der Waals surface area (Å²) >= 11 is 0.